The number of sulfone groups is 1. The molecular weight excluding hydrogens is 282 g/mol. The second kappa shape index (κ2) is 6.49. The Bertz CT molecular complexity index is 553. The molecule has 0 aliphatic heterocycles. The summed E-state index contributed by atoms with van der Waals surface area (Å²) in [5, 5.41) is 3.48. The first kappa shape index (κ1) is 16.5. The van der Waals surface area contributed by atoms with Crippen molar-refractivity contribution in [3.05, 3.63) is 30.3 Å². The average Bonchev–Trinajstić information content (AvgIpc) is 2.47. The first-order chi connectivity index (χ1) is 9.89. The number of nitrogens with one attached hydrogen (secondary N) is 1. The van der Waals surface area contributed by atoms with Gasteiger partial charge in [0.15, 0.2) is 9.84 Å². The molecule has 0 unspecified atom stereocenters. The zero-order chi connectivity index (χ0) is 15.5. The van der Waals surface area contributed by atoms with Crippen LogP contribution in [0.3, 0.4) is 0 Å². The van der Waals surface area contributed by atoms with E-state index in [9.17, 15) is 8.42 Å². The molecule has 1 fully saturated rings. The second-order valence-electron chi connectivity index (χ2n) is 6.62. The lowest BCUT2D eigenvalue weighted by Gasteiger charge is -2.44. The summed E-state index contributed by atoms with van der Waals surface area (Å²) < 4.78 is 25.1. The molecule has 2 rings (SSSR count). The molecule has 21 heavy (non-hydrogen) atoms. The van der Waals surface area contributed by atoms with Gasteiger partial charge in [0, 0.05) is 5.54 Å². The Morgan fingerprint density at radius 3 is 2.52 bits per heavy atom. The van der Waals surface area contributed by atoms with E-state index in [-0.39, 0.29) is 17.2 Å². The van der Waals surface area contributed by atoms with Gasteiger partial charge in [-0.15, -0.1) is 0 Å². The van der Waals surface area contributed by atoms with E-state index in [1.54, 1.807) is 24.3 Å². The molecule has 1 saturated carbocycles. The van der Waals surface area contributed by atoms with Crippen LogP contribution in [0.15, 0.2) is 35.2 Å². The molecule has 1 aromatic rings. The quantitative estimate of drug-likeness (QED) is 0.908. The van der Waals surface area contributed by atoms with Gasteiger partial charge in [-0.1, -0.05) is 38.5 Å². The smallest absolute Gasteiger partial charge is 0.178 e. The van der Waals surface area contributed by atoms with Gasteiger partial charge in [0.2, 0.25) is 0 Å². The molecule has 4 heteroatoms. The predicted octanol–water partition coefficient (Wildman–Crippen LogP) is 3.26. The lowest BCUT2D eigenvalue weighted by atomic mass is 9.70. The third-order valence-corrected chi connectivity index (χ3v) is 6.95. The predicted molar refractivity (Wildman–Crippen MR) is 87.1 cm³/mol. The summed E-state index contributed by atoms with van der Waals surface area (Å²) in [6.45, 7) is 4.45. The van der Waals surface area contributed by atoms with Crippen molar-refractivity contribution in [1.82, 2.24) is 5.32 Å². The van der Waals surface area contributed by atoms with Gasteiger partial charge in [-0.25, -0.2) is 8.42 Å². The van der Waals surface area contributed by atoms with E-state index in [0.717, 1.165) is 25.7 Å². The Morgan fingerprint density at radius 2 is 1.95 bits per heavy atom. The van der Waals surface area contributed by atoms with E-state index in [2.05, 4.69) is 19.2 Å². The zero-order valence-corrected chi connectivity index (χ0v) is 14.1. The van der Waals surface area contributed by atoms with E-state index >= 15 is 0 Å². The zero-order valence-electron chi connectivity index (χ0n) is 13.3. The van der Waals surface area contributed by atoms with Crippen molar-refractivity contribution < 1.29 is 8.42 Å². The minimum Gasteiger partial charge on any atom is -0.314 e. The van der Waals surface area contributed by atoms with Crippen LogP contribution in [-0.2, 0) is 9.84 Å². The highest BCUT2D eigenvalue weighted by Gasteiger charge is 2.38. The fourth-order valence-electron chi connectivity index (χ4n) is 3.64. The minimum absolute atomic E-state index is 0.0924. The van der Waals surface area contributed by atoms with E-state index in [0.29, 0.717) is 10.8 Å². The molecule has 0 radical (unpaired) electrons. The van der Waals surface area contributed by atoms with Crippen molar-refractivity contribution in [2.75, 3.05) is 12.8 Å². The SMILES string of the molecule is CN[C@]1(C(C)C)CCC[C@@H](CS(=O)(=O)c2ccccc2)C1. The maximum atomic E-state index is 12.5. The van der Waals surface area contributed by atoms with Crippen molar-refractivity contribution in [3.63, 3.8) is 0 Å². The third kappa shape index (κ3) is 3.67. The second-order valence-corrected chi connectivity index (χ2v) is 8.65. The molecule has 0 spiro atoms. The van der Waals surface area contributed by atoms with Gasteiger partial charge in [0.05, 0.1) is 10.6 Å². The third-order valence-electron chi connectivity index (χ3n) is 5.05. The van der Waals surface area contributed by atoms with Gasteiger partial charge in [-0.3, -0.25) is 0 Å². The van der Waals surface area contributed by atoms with Crippen LogP contribution in [-0.4, -0.2) is 26.8 Å². The Balaban J connectivity index is 2.13. The molecule has 3 nitrogen and oxygen atoms in total. The largest absolute Gasteiger partial charge is 0.314 e. The van der Waals surface area contributed by atoms with E-state index in [4.69, 9.17) is 0 Å². The molecule has 1 aliphatic rings. The lowest BCUT2D eigenvalue weighted by Crippen LogP contribution is -2.51. The van der Waals surface area contributed by atoms with Crippen LogP contribution in [0, 0.1) is 11.8 Å². The Hall–Kier alpha value is -0.870. The van der Waals surface area contributed by atoms with Gasteiger partial charge in [0.25, 0.3) is 0 Å². The molecular formula is C17H27NO2S. The van der Waals surface area contributed by atoms with Crippen LogP contribution in [0.2, 0.25) is 0 Å². The molecule has 0 amide bonds. The number of rotatable bonds is 5. The Kier molecular flexibility index (Phi) is 5.10. The first-order valence-electron chi connectivity index (χ1n) is 7.86. The summed E-state index contributed by atoms with van der Waals surface area (Å²) in [6.07, 6.45) is 4.21. The summed E-state index contributed by atoms with van der Waals surface area (Å²) in [7, 11) is -1.16. The van der Waals surface area contributed by atoms with Crippen molar-refractivity contribution in [2.24, 2.45) is 11.8 Å². The highest BCUT2D eigenvalue weighted by molar-refractivity contribution is 7.91. The summed E-state index contributed by atoms with van der Waals surface area (Å²) in [5.41, 5.74) is 0.0924. The van der Waals surface area contributed by atoms with Crippen LogP contribution in [0.1, 0.15) is 39.5 Å². The van der Waals surface area contributed by atoms with Gasteiger partial charge in [-0.2, -0.15) is 0 Å². The molecule has 0 bridgehead atoms. The molecule has 1 aliphatic carbocycles. The number of hydrogen-bond donors (Lipinski definition) is 1. The molecule has 0 aromatic heterocycles. The van der Waals surface area contributed by atoms with Gasteiger partial charge >= 0.3 is 0 Å². The molecule has 0 saturated heterocycles. The Labute approximate surface area is 129 Å². The lowest BCUT2D eigenvalue weighted by molar-refractivity contribution is 0.144. The molecule has 1 N–H and O–H groups in total. The monoisotopic (exact) mass is 309 g/mol. The maximum absolute atomic E-state index is 12.5. The summed E-state index contributed by atoms with van der Waals surface area (Å²) in [4.78, 5) is 0.454. The molecule has 0 heterocycles. The van der Waals surface area contributed by atoms with E-state index in [1.807, 2.05) is 13.1 Å². The van der Waals surface area contributed by atoms with Crippen LogP contribution in [0.4, 0.5) is 0 Å². The van der Waals surface area contributed by atoms with Gasteiger partial charge in [-0.05, 0) is 50.3 Å². The van der Waals surface area contributed by atoms with Crippen LogP contribution < -0.4 is 5.32 Å². The van der Waals surface area contributed by atoms with Crippen molar-refractivity contribution >= 4 is 9.84 Å². The van der Waals surface area contributed by atoms with Crippen LogP contribution in [0.5, 0.6) is 0 Å². The molecule has 1 aromatic carbocycles. The fraction of sp³-hybridized carbons (Fsp3) is 0.647. The van der Waals surface area contributed by atoms with E-state index in [1.165, 1.54) is 0 Å². The minimum atomic E-state index is -3.17. The van der Waals surface area contributed by atoms with Crippen LogP contribution in [0.25, 0.3) is 0 Å². The average molecular weight is 309 g/mol. The summed E-state index contributed by atoms with van der Waals surface area (Å²) in [5.74, 6) is 1.04. The van der Waals surface area contributed by atoms with Crippen LogP contribution >= 0.6 is 0 Å². The number of benzene rings is 1. The summed E-state index contributed by atoms with van der Waals surface area (Å²) >= 11 is 0. The summed E-state index contributed by atoms with van der Waals surface area (Å²) in [6, 6.07) is 8.84. The topological polar surface area (TPSA) is 46.2 Å². The fourth-order valence-corrected chi connectivity index (χ4v) is 5.31. The first-order valence-corrected chi connectivity index (χ1v) is 9.51. The standard InChI is InChI=1S/C17H27NO2S/c1-14(2)17(18-3)11-7-8-15(12-17)13-21(19,20)16-9-5-4-6-10-16/h4-6,9-10,14-15,18H,7-8,11-13H2,1-3H3/t15-,17-/m1/s1. The van der Waals surface area contributed by atoms with Crippen molar-refractivity contribution in [3.8, 4) is 0 Å². The van der Waals surface area contributed by atoms with Gasteiger partial charge < -0.3 is 5.32 Å². The van der Waals surface area contributed by atoms with E-state index < -0.39 is 9.84 Å². The Morgan fingerprint density at radius 1 is 1.29 bits per heavy atom. The highest BCUT2D eigenvalue weighted by atomic mass is 32.2. The van der Waals surface area contributed by atoms with Gasteiger partial charge in [0.1, 0.15) is 0 Å². The highest BCUT2D eigenvalue weighted by Crippen LogP contribution is 2.38. The maximum Gasteiger partial charge on any atom is 0.178 e. The molecule has 118 valence electrons. The van der Waals surface area contributed by atoms with Crippen molar-refractivity contribution in [2.45, 2.75) is 50.0 Å². The van der Waals surface area contributed by atoms with Crippen molar-refractivity contribution in [1.29, 1.82) is 0 Å². The normalized spacial score (nSPS) is 27.0. The molecule has 2 atom stereocenters. The number of hydrogen-bond acceptors (Lipinski definition) is 3.